The molecule has 0 aliphatic rings. The Morgan fingerprint density at radius 2 is 1.02 bits per heavy atom. The van der Waals surface area contributed by atoms with Gasteiger partial charge in [0.05, 0.1) is 34.0 Å². The maximum Gasteiger partial charge on any atom is 0.0979 e. The third-order valence-electron chi connectivity index (χ3n) is 9.59. The van der Waals surface area contributed by atoms with Gasteiger partial charge in [0, 0.05) is 32.8 Å². The molecule has 224 valence electrons. The lowest BCUT2D eigenvalue weighted by Crippen LogP contribution is -2.10. The highest BCUT2D eigenvalue weighted by Gasteiger charge is 2.19. The van der Waals surface area contributed by atoms with E-state index in [1.807, 2.05) is 6.20 Å². The molecule has 0 radical (unpaired) electrons. The maximum absolute atomic E-state index is 5.20. The third kappa shape index (κ3) is 4.42. The molecule has 2 heterocycles. The van der Waals surface area contributed by atoms with Gasteiger partial charge in [-0.3, -0.25) is 4.98 Å². The first-order valence-corrected chi connectivity index (χ1v) is 16.3. The lowest BCUT2D eigenvalue weighted by Gasteiger charge is -2.19. The van der Waals surface area contributed by atoms with E-state index in [1.54, 1.807) is 0 Å². The average Bonchev–Trinajstić information content (AvgIpc) is 3.45. The molecule has 9 rings (SSSR count). The summed E-state index contributed by atoms with van der Waals surface area (Å²) in [5.41, 5.74) is 11.2. The Hall–Kier alpha value is -5.80. The molecule has 0 saturated heterocycles. The minimum absolute atomic E-state index is 0.0633. The van der Waals surface area contributed by atoms with Gasteiger partial charge in [-0.1, -0.05) is 124 Å². The van der Waals surface area contributed by atoms with Crippen molar-refractivity contribution in [2.75, 3.05) is 0 Å². The van der Waals surface area contributed by atoms with Crippen LogP contribution in [0.3, 0.4) is 0 Å². The summed E-state index contributed by atoms with van der Waals surface area (Å²) in [5, 5.41) is 7.22. The number of nitrogens with zero attached hydrogens (tertiary/aromatic N) is 3. The van der Waals surface area contributed by atoms with E-state index in [-0.39, 0.29) is 5.41 Å². The number of para-hydroxylation sites is 1. The van der Waals surface area contributed by atoms with E-state index in [4.69, 9.17) is 9.97 Å². The highest BCUT2D eigenvalue weighted by molar-refractivity contribution is 6.23. The van der Waals surface area contributed by atoms with Crippen molar-refractivity contribution < 1.29 is 0 Å². The molecule has 0 atom stereocenters. The van der Waals surface area contributed by atoms with Crippen molar-refractivity contribution in [3.8, 4) is 28.1 Å². The molecule has 0 aliphatic heterocycles. The minimum atomic E-state index is 0.0633. The zero-order valence-electron chi connectivity index (χ0n) is 26.7. The Morgan fingerprint density at radius 1 is 0.468 bits per heavy atom. The van der Waals surface area contributed by atoms with Crippen LogP contribution in [0.25, 0.3) is 82.5 Å². The molecule has 0 spiro atoms. The van der Waals surface area contributed by atoms with Crippen LogP contribution in [0.5, 0.6) is 0 Å². The van der Waals surface area contributed by atoms with Crippen LogP contribution in [-0.4, -0.2) is 14.5 Å². The summed E-state index contributed by atoms with van der Waals surface area (Å²) >= 11 is 0. The molecule has 3 nitrogen and oxygen atoms in total. The summed E-state index contributed by atoms with van der Waals surface area (Å²) in [6.45, 7) is 6.84. The van der Waals surface area contributed by atoms with Gasteiger partial charge in [0.2, 0.25) is 0 Å². The van der Waals surface area contributed by atoms with Crippen molar-refractivity contribution >= 4 is 54.4 Å². The van der Waals surface area contributed by atoms with E-state index in [1.165, 1.54) is 55.0 Å². The second-order valence-corrected chi connectivity index (χ2v) is 13.5. The van der Waals surface area contributed by atoms with E-state index < -0.39 is 0 Å². The molecular formula is C44H33N3. The van der Waals surface area contributed by atoms with E-state index in [0.717, 1.165) is 33.1 Å². The largest absolute Gasteiger partial charge is 0.309 e. The van der Waals surface area contributed by atoms with E-state index in [2.05, 4.69) is 165 Å². The smallest absolute Gasteiger partial charge is 0.0979 e. The highest BCUT2D eigenvalue weighted by Crippen LogP contribution is 2.38. The topological polar surface area (TPSA) is 30.7 Å². The molecule has 0 saturated carbocycles. The van der Waals surface area contributed by atoms with Crippen molar-refractivity contribution in [1.82, 2.24) is 14.5 Å². The fourth-order valence-corrected chi connectivity index (χ4v) is 7.12. The highest BCUT2D eigenvalue weighted by atomic mass is 15.0. The number of benzene rings is 7. The van der Waals surface area contributed by atoms with Gasteiger partial charge in [0.15, 0.2) is 0 Å². The molecule has 9 aromatic rings. The Labute approximate surface area is 273 Å². The molecular weight excluding hydrogens is 571 g/mol. The molecule has 0 N–H and O–H groups in total. The van der Waals surface area contributed by atoms with Gasteiger partial charge in [-0.05, 0) is 69.3 Å². The molecule has 0 bridgehead atoms. The molecule has 0 aliphatic carbocycles. The van der Waals surface area contributed by atoms with Gasteiger partial charge in [-0.2, -0.15) is 0 Å². The first-order valence-electron chi connectivity index (χ1n) is 16.3. The van der Waals surface area contributed by atoms with Gasteiger partial charge in [0.1, 0.15) is 0 Å². The Bertz CT molecular complexity index is 2610. The SMILES string of the molecule is CC(C)(C)c1ccc2c(c1)c1cc(-c3ccc(-c4cnc5c6ccccc6c6ccccc6c5n4)cc3)ccc1n2-c1ccccc1. The first kappa shape index (κ1) is 27.5. The van der Waals surface area contributed by atoms with Gasteiger partial charge < -0.3 is 4.57 Å². The van der Waals surface area contributed by atoms with Crippen LogP contribution in [0.15, 0.2) is 146 Å². The Balaban J connectivity index is 1.16. The van der Waals surface area contributed by atoms with Crippen LogP contribution in [-0.2, 0) is 5.41 Å². The lowest BCUT2D eigenvalue weighted by molar-refractivity contribution is 0.591. The fraction of sp³-hybridized carbons (Fsp3) is 0.0909. The van der Waals surface area contributed by atoms with E-state index >= 15 is 0 Å². The summed E-state index contributed by atoms with van der Waals surface area (Å²) < 4.78 is 2.38. The molecule has 3 heteroatoms. The molecule has 0 fully saturated rings. The predicted octanol–water partition coefficient (Wildman–Crippen LogP) is 11.7. The zero-order valence-corrected chi connectivity index (χ0v) is 26.7. The monoisotopic (exact) mass is 603 g/mol. The zero-order chi connectivity index (χ0) is 31.7. The standard InChI is InChI=1S/C44H33N3/c1-44(2,3)31-22-24-41-38(26-31)37-25-30(21-23-40(37)47(41)32-11-5-4-6-12-32)28-17-19-29(20-18-28)39-27-45-42-35-15-9-7-13-33(35)34-14-8-10-16-36(34)43(42)46-39/h4-27H,1-3H3. The van der Waals surface area contributed by atoms with Crippen LogP contribution < -0.4 is 0 Å². The minimum Gasteiger partial charge on any atom is -0.309 e. The quantitative estimate of drug-likeness (QED) is 0.188. The number of fused-ring (bicyclic) bond motifs is 9. The van der Waals surface area contributed by atoms with Crippen molar-refractivity contribution in [3.05, 3.63) is 151 Å². The van der Waals surface area contributed by atoms with Gasteiger partial charge in [-0.15, -0.1) is 0 Å². The predicted molar refractivity (Wildman–Crippen MR) is 198 cm³/mol. The molecule has 0 unspecified atom stereocenters. The lowest BCUT2D eigenvalue weighted by atomic mass is 9.86. The third-order valence-corrected chi connectivity index (χ3v) is 9.59. The first-order chi connectivity index (χ1) is 22.9. The molecule has 0 amide bonds. The van der Waals surface area contributed by atoms with Crippen molar-refractivity contribution in [1.29, 1.82) is 0 Å². The normalized spacial score (nSPS) is 12.1. The van der Waals surface area contributed by atoms with Crippen LogP contribution in [0.2, 0.25) is 0 Å². The van der Waals surface area contributed by atoms with Crippen LogP contribution >= 0.6 is 0 Å². The number of rotatable bonds is 3. The number of hydrogen-bond acceptors (Lipinski definition) is 2. The number of hydrogen-bond donors (Lipinski definition) is 0. The van der Waals surface area contributed by atoms with Crippen molar-refractivity contribution in [2.24, 2.45) is 0 Å². The summed E-state index contributed by atoms with van der Waals surface area (Å²) in [6.07, 6.45) is 1.91. The van der Waals surface area contributed by atoms with Crippen molar-refractivity contribution in [3.63, 3.8) is 0 Å². The summed E-state index contributed by atoms with van der Waals surface area (Å²) in [7, 11) is 0. The average molecular weight is 604 g/mol. The van der Waals surface area contributed by atoms with Gasteiger partial charge >= 0.3 is 0 Å². The molecule has 7 aromatic carbocycles. The van der Waals surface area contributed by atoms with Crippen LogP contribution in [0.1, 0.15) is 26.3 Å². The molecule has 2 aromatic heterocycles. The van der Waals surface area contributed by atoms with Gasteiger partial charge in [-0.25, -0.2) is 4.98 Å². The molecule has 47 heavy (non-hydrogen) atoms. The van der Waals surface area contributed by atoms with Gasteiger partial charge in [0.25, 0.3) is 0 Å². The summed E-state index contributed by atoms with van der Waals surface area (Å²) in [6, 6.07) is 50.2. The Morgan fingerprint density at radius 3 is 1.70 bits per heavy atom. The second-order valence-electron chi connectivity index (χ2n) is 13.5. The second kappa shape index (κ2) is 10.4. The fourth-order valence-electron chi connectivity index (χ4n) is 7.12. The summed E-state index contributed by atoms with van der Waals surface area (Å²) in [5.74, 6) is 0. The Kier molecular flexibility index (Phi) is 6.07. The van der Waals surface area contributed by atoms with Crippen LogP contribution in [0.4, 0.5) is 0 Å². The van der Waals surface area contributed by atoms with E-state index in [9.17, 15) is 0 Å². The van der Waals surface area contributed by atoms with E-state index in [0.29, 0.717) is 0 Å². The maximum atomic E-state index is 5.20. The number of aromatic nitrogens is 3. The van der Waals surface area contributed by atoms with Crippen molar-refractivity contribution in [2.45, 2.75) is 26.2 Å². The van der Waals surface area contributed by atoms with Crippen LogP contribution in [0, 0.1) is 0 Å². The summed E-state index contributed by atoms with van der Waals surface area (Å²) in [4.78, 5) is 10.2.